The molecule has 4 atom stereocenters. The predicted molar refractivity (Wildman–Crippen MR) is 91.4 cm³/mol. The lowest BCUT2D eigenvalue weighted by atomic mass is 9.95. The van der Waals surface area contributed by atoms with E-state index < -0.39 is 10.1 Å². The van der Waals surface area contributed by atoms with Crippen LogP contribution in [0.1, 0.15) is 38.2 Å². The van der Waals surface area contributed by atoms with Gasteiger partial charge in [-0.25, -0.2) is 0 Å². The molecule has 3 N–H and O–H groups in total. The Labute approximate surface area is 139 Å². The fraction of sp³-hybridized carbons (Fsp3) is 0.556. The molecule has 2 aliphatic rings. The molecule has 0 spiro atoms. The summed E-state index contributed by atoms with van der Waals surface area (Å²) in [6.07, 6.45) is 10.3. The molecule has 0 heterocycles. The van der Waals surface area contributed by atoms with Gasteiger partial charge in [0.05, 0.1) is 4.90 Å². The van der Waals surface area contributed by atoms with Crippen LogP contribution in [0.25, 0.3) is 0 Å². The number of nitrogens with two attached hydrogens (primary N) is 1. The van der Waals surface area contributed by atoms with Gasteiger partial charge in [-0.15, -0.1) is 12.3 Å². The Bertz CT molecular complexity index is 670. The smallest absolute Gasteiger partial charge is 0.294 e. The van der Waals surface area contributed by atoms with Gasteiger partial charge in [0.15, 0.2) is 0 Å². The molecule has 5 heteroatoms. The Morgan fingerprint density at radius 3 is 2.09 bits per heavy atom. The molecular weight excluding hydrogens is 310 g/mol. The Morgan fingerprint density at radius 1 is 1.22 bits per heavy atom. The summed E-state index contributed by atoms with van der Waals surface area (Å²) in [5.74, 6) is 5.10. The van der Waals surface area contributed by atoms with Crippen LogP contribution in [0.2, 0.25) is 0 Å². The fourth-order valence-corrected chi connectivity index (χ4v) is 4.32. The molecule has 2 aliphatic carbocycles. The van der Waals surface area contributed by atoms with E-state index in [9.17, 15) is 8.42 Å². The topological polar surface area (TPSA) is 80.4 Å². The maximum absolute atomic E-state index is 10.5. The first-order chi connectivity index (χ1) is 10.6. The first kappa shape index (κ1) is 18.0. The summed E-state index contributed by atoms with van der Waals surface area (Å²) in [7, 11) is -4.02. The third-order valence-electron chi connectivity index (χ3n) is 4.85. The van der Waals surface area contributed by atoms with Gasteiger partial charge < -0.3 is 5.73 Å². The minimum absolute atomic E-state index is 0.0666. The van der Waals surface area contributed by atoms with E-state index in [1.54, 1.807) is 12.1 Å². The van der Waals surface area contributed by atoms with E-state index in [2.05, 4.69) is 12.8 Å². The van der Waals surface area contributed by atoms with E-state index in [1.165, 1.54) is 37.8 Å². The summed E-state index contributed by atoms with van der Waals surface area (Å²) < 4.78 is 29.6. The molecular formula is C18H25NO3S. The van der Waals surface area contributed by atoms with Crippen molar-refractivity contribution in [3.05, 3.63) is 29.8 Å². The van der Waals surface area contributed by atoms with Gasteiger partial charge >= 0.3 is 0 Å². The normalized spacial score (nSPS) is 32.6. The standard InChI is InChI=1S/C11H17N.C7H8O3S/c1-3-8-4-9-6-11(2,12)7-10(9)5-8;1-6-2-4-7(5-3-6)11(8,9)10/h1,8-10H,4-7,12H2,2H3;2-5H,1H3,(H,8,9,10)/t8?,9-,10+,11?;. The second kappa shape index (κ2) is 6.64. The number of hydrogen-bond donors (Lipinski definition) is 2. The van der Waals surface area contributed by atoms with E-state index in [0.717, 1.165) is 17.4 Å². The monoisotopic (exact) mass is 335 g/mol. The lowest BCUT2D eigenvalue weighted by molar-refractivity contribution is 0.424. The van der Waals surface area contributed by atoms with Crippen LogP contribution < -0.4 is 5.73 Å². The minimum atomic E-state index is -4.02. The van der Waals surface area contributed by atoms with E-state index >= 15 is 0 Å². The molecule has 0 radical (unpaired) electrons. The Hall–Kier alpha value is -1.35. The molecule has 1 aromatic rings. The Kier molecular flexibility index (Phi) is 5.20. The van der Waals surface area contributed by atoms with Crippen molar-refractivity contribution in [2.75, 3.05) is 0 Å². The van der Waals surface area contributed by atoms with Crippen molar-refractivity contribution >= 4 is 10.1 Å². The molecule has 2 unspecified atom stereocenters. The molecule has 126 valence electrons. The quantitative estimate of drug-likeness (QED) is 0.611. The number of benzene rings is 1. The van der Waals surface area contributed by atoms with Gasteiger partial charge in [0.25, 0.3) is 10.1 Å². The molecule has 3 rings (SSSR count). The van der Waals surface area contributed by atoms with Gasteiger partial charge in [-0.3, -0.25) is 4.55 Å². The summed E-state index contributed by atoms with van der Waals surface area (Å²) in [4.78, 5) is -0.0666. The Balaban J connectivity index is 0.000000168. The molecule has 23 heavy (non-hydrogen) atoms. The van der Waals surface area contributed by atoms with Crippen molar-refractivity contribution in [1.29, 1.82) is 0 Å². The van der Waals surface area contributed by atoms with Gasteiger partial charge in [-0.1, -0.05) is 17.7 Å². The number of terminal acetylenes is 1. The molecule has 2 fully saturated rings. The maximum Gasteiger partial charge on any atom is 0.294 e. The van der Waals surface area contributed by atoms with Crippen molar-refractivity contribution in [2.45, 2.75) is 50.0 Å². The van der Waals surface area contributed by atoms with Gasteiger partial charge in [0.1, 0.15) is 0 Å². The SMILES string of the molecule is C#CC1C[C@@H]2CC(C)(N)C[C@@H]2C1.Cc1ccc(S(=O)(=O)O)cc1. The molecule has 0 amide bonds. The van der Waals surface area contributed by atoms with Crippen molar-refractivity contribution < 1.29 is 13.0 Å². The van der Waals surface area contributed by atoms with E-state index in [4.69, 9.17) is 16.7 Å². The summed E-state index contributed by atoms with van der Waals surface area (Å²) in [5.41, 5.74) is 7.17. The average Bonchev–Trinajstić information content (AvgIpc) is 2.91. The zero-order valence-corrected chi connectivity index (χ0v) is 14.5. The first-order valence-corrected chi connectivity index (χ1v) is 9.34. The van der Waals surface area contributed by atoms with Crippen molar-refractivity contribution in [2.24, 2.45) is 23.5 Å². The van der Waals surface area contributed by atoms with Crippen molar-refractivity contribution in [3.8, 4) is 12.3 Å². The lowest BCUT2D eigenvalue weighted by Gasteiger charge is -2.18. The first-order valence-electron chi connectivity index (χ1n) is 7.90. The zero-order chi connectivity index (χ0) is 17.3. The van der Waals surface area contributed by atoms with Gasteiger partial charge in [0, 0.05) is 11.5 Å². The van der Waals surface area contributed by atoms with E-state index in [-0.39, 0.29) is 10.4 Å². The summed E-state index contributed by atoms with van der Waals surface area (Å²) >= 11 is 0. The van der Waals surface area contributed by atoms with Crippen LogP contribution >= 0.6 is 0 Å². The third kappa shape index (κ3) is 4.81. The predicted octanol–water partition coefficient (Wildman–Crippen LogP) is 3.01. The van der Waals surface area contributed by atoms with Crippen LogP contribution in [-0.4, -0.2) is 18.5 Å². The highest BCUT2D eigenvalue weighted by Crippen LogP contribution is 2.49. The third-order valence-corrected chi connectivity index (χ3v) is 5.72. The zero-order valence-electron chi connectivity index (χ0n) is 13.7. The van der Waals surface area contributed by atoms with Gasteiger partial charge in [0.2, 0.25) is 0 Å². The summed E-state index contributed by atoms with van der Waals surface area (Å²) in [6, 6.07) is 5.99. The van der Waals surface area contributed by atoms with Crippen LogP contribution in [0, 0.1) is 37.0 Å². The molecule has 4 nitrogen and oxygen atoms in total. The highest BCUT2D eigenvalue weighted by atomic mass is 32.2. The molecule has 2 saturated carbocycles. The van der Waals surface area contributed by atoms with Gasteiger partial charge in [-0.05, 0) is 63.5 Å². The number of rotatable bonds is 1. The van der Waals surface area contributed by atoms with Crippen LogP contribution in [0.5, 0.6) is 0 Å². The van der Waals surface area contributed by atoms with Crippen molar-refractivity contribution in [3.63, 3.8) is 0 Å². The fourth-order valence-electron chi connectivity index (χ4n) is 3.84. The van der Waals surface area contributed by atoms with Gasteiger partial charge in [-0.2, -0.15) is 8.42 Å². The minimum Gasteiger partial charge on any atom is -0.325 e. The second-order valence-corrected chi connectivity index (χ2v) is 8.63. The van der Waals surface area contributed by atoms with Crippen LogP contribution in [0.15, 0.2) is 29.2 Å². The maximum atomic E-state index is 10.5. The highest BCUT2D eigenvalue weighted by Gasteiger charge is 2.44. The number of hydrogen-bond acceptors (Lipinski definition) is 3. The second-order valence-electron chi connectivity index (χ2n) is 7.21. The van der Waals surface area contributed by atoms with E-state index in [1.807, 2.05) is 6.92 Å². The molecule has 0 aromatic heterocycles. The molecule has 0 bridgehead atoms. The summed E-state index contributed by atoms with van der Waals surface area (Å²) in [5, 5.41) is 0. The number of fused-ring (bicyclic) bond motifs is 1. The van der Waals surface area contributed by atoms with Crippen LogP contribution in [0.4, 0.5) is 0 Å². The van der Waals surface area contributed by atoms with Crippen LogP contribution in [-0.2, 0) is 10.1 Å². The largest absolute Gasteiger partial charge is 0.325 e. The lowest BCUT2D eigenvalue weighted by Crippen LogP contribution is -2.33. The average molecular weight is 335 g/mol. The highest BCUT2D eigenvalue weighted by molar-refractivity contribution is 7.85. The summed E-state index contributed by atoms with van der Waals surface area (Å²) in [6.45, 7) is 4.02. The van der Waals surface area contributed by atoms with Crippen molar-refractivity contribution in [1.82, 2.24) is 0 Å². The molecule has 0 saturated heterocycles. The molecule has 1 aromatic carbocycles. The number of aryl methyl sites for hydroxylation is 1. The van der Waals surface area contributed by atoms with E-state index in [0.29, 0.717) is 5.92 Å². The Morgan fingerprint density at radius 2 is 1.70 bits per heavy atom. The molecule has 0 aliphatic heterocycles. The van der Waals surface area contributed by atoms with Crippen LogP contribution in [0.3, 0.4) is 0 Å².